The van der Waals surface area contributed by atoms with Crippen LogP contribution in [0.5, 0.6) is 0 Å². The zero-order valence-electron chi connectivity index (χ0n) is 17.5. The number of ether oxygens (including phenoxy) is 1. The monoisotopic (exact) mass is 422 g/mol. The van der Waals surface area contributed by atoms with Crippen molar-refractivity contribution in [1.29, 1.82) is 0 Å². The lowest BCUT2D eigenvalue weighted by atomic mass is 9.88. The van der Waals surface area contributed by atoms with E-state index in [1.165, 1.54) is 12.1 Å². The standard InChI is InChI=1S/C23H23FN4O3/c1-12(2)20-18(14-9-23(3,22(29)30)31-11-14)19-17(8-13-10-25-27-21(13)26-19)28(20)16-6-4-15(24)5-7-16/h4-8,10,12,14H,9,11H2,1-3H3,(H,29,30)(H,25,26,27)/t14?,23-/m1/s1. The maximum absolute atomic E-state index is 13.6. The summed E-state index contributed by atoms with van der Waals surface area (Å²) in [4.78, 5) is 16.7. The summed E-state index contributed by atoms with van der Waals surface area (Å²) in [5, 5.41) is 17.5. The molecule has 1 saturated heterocycles. The van der Waals surface area contributed by atoms with E-state index in [9.17, 15) is 14.3 Å². The Morgan fingerprint density at radius 2 is 2.10 bits per heavy atom. The molecular formula is C23H23FN4O3. The zero-order chi connectivity index (χ0) is 21.9. The van der Waals surface area contributed by atoms with E-state index >= 15 is 0 Å². The van der Waals surface area contributed by atoms with Gasteiger partial charge in [-0.3, -0.25) is 5.10 Å². The molecule has 4 aromatic rings. The molecule has 1 aromatic carbocycles. The first kappa shape index (κ1) is 19.7. The average Bonchev–Trinajstić information content (AvgIpc) is 3.42. The molecule has 31 heavy (non-hydrogen) atoms. The molecule has 7 nitrogen and oxygen atoms in total. The number of halogens is 1. The minimum absolute atomic E-state index is 0.113. The highest BCUT2D eigenvalue weighted by Crippen LogP contribution is 2.44. The van der Waals surface area contributed by atoms with E-state index in [0.717, 1.165) is 33.4 Å². The molecule has 1 unspecified atom stereocenters. The van der Waals surface area contributed by atoms with E-state index in [2.05, 4.69) is 28.6 Å². The van der Waals surface area contributed by atoms with Gasteiger partial charge < -0.3 is 14.4 Å². The first-order chi connectivity index (χ1) is 14.8. The number of aromatic nitrogens is 4. The number of aliphatic carboxylic acids is 1. The molecule has 5 rings (SSSR count). The third-order valence-corrected chi connectivity index (χ3v) is 6.15. The number of benzene rings is 1. The molecule has 0 bridgehead atoms. The van der Waals surface area contributed by atoms with Crippen LogP contribution in [0.3, 0.4) is 0 Å². The van der Waals surface area contributed by atoms with Gasteiger partial charge in [0.1, 0.15) is 5.82 Å². The summed E-state index contributed by atoms with van der Waals surface area (Å²) in [5.41, 5.74) is 3.93. The van der Waals surface area contributed by atoms with E-state index in [4.69, 9.17) is 9.72 Å². The van der Waals surface area contributed by atoms with Gasteiger partial charge in [0, 0.05) is 28.2 Å². The Morgan fingerprint density at radius 1 is 1.35 bits per heavy atom. The van der Waals surface area contributed by atoms with Crippen molar-refractivity contribution in [3.05, 3.63) is 53.6 Å². The van der Waals surface area contributed by atoms with Crippen LogP contribution in [0.4, 0.5) is 4.39 Å². The van der Waals surface area contributed by atoms with Gasteiger partial charge in [-0.2, -0.15) is 5.10 Å². The number of rotatable bonds is 4. The molecule has 1 aliphatic rings. The molecule has 2 N–H and O–H groups in total. The number of carboxylic acids is 1. The van der Waals surface area contributed by atoms with Crippen molar-refractivity contribution in [2.45, 2.75) is 44.6 Å². The normalized spacial score (nSPS) is 21.5. The molecule has 0 radical (unpaired) electrons. The Balaban J connectivity index is 1.82. The predicted molar refractivity (Wildman–Crippen MR) is 114 cm³/mol. The molecule has 0 saturated carbocycles. The first-order valence-corrected chi connectivity index (χ1v) is 10.3. The van der Waals surface area contributed by atoms with Crippen molar-refractivity contribution < 1.29 is 19.0 Å². The first-order valence-electron chi connectivity index (χ1n) is 10.3. The van der Waals surface area contributed by atoms with Gasteiger partial charge in [-0.05, 0) is 49.6 Å². The highest BCUT2D eigenvalue weighted by Gasteiger charge is 2.45. The number of hydrogen-bond acceptors (Lipinski definition) is 4. The fraction of sp³-hybridized carbons (Fsp3) is 0.348. The summed E-state index contributed by atoms with van der Waals surface area (Å²) < 4.78 is 21.5. The van der Waals surface area contributed by atoms with Crippen LogP contribution in [-0.2, 0) is 9.53 Å². The molecule has 2 atom stereocenters. The van der Waals surface area contributed by atoms with Crippen LogP contribution in [0.1, 0.15) is 50.3 Å². The number of hydrogen-bond donors (Lipinski definition) is 2. The van der Waals surface area contributed by atoms with E-state index in [1.54, 1.807) is 25.3 Å². The van der Waals surface area contributed by atoms with E-state index in [0.29, 0.717) is 18.7 Å². The lowest BCUT2D eigenvalue weighted by Gasteiger charge is -2.19. The molecule has 8 heteroatoms. The number of H-pyrrole nitrogens is 1. The Hall–Kier alpha value is -3.26. The minimum Gasteiger partial charge on any atom is -0.479 e. The Bertz CT molecular complexity index is 1310. The topological polar surface area (TPSA) is 93.0 Å². The van der Waals surface area contributed by atoms with Crippen LogP contribution < -0.4 is 0 Å². The Kier molecular flexibility index (Phi) is 4.37. The second-order valence-corrected chi connectivity index (χ2v) is 8.68. The second-order valence-electron chi connectivity index (χ2n) is 8.68. The minimum atomic E-state index is -1.23. The van der Waals surface area contributed by atoms with Gasteiger partial charge >= 0.3 is 5.97 Å². The summed E-state index contributed by atoms with van der Waals surface area (Å²) in [6, 6.07) is 8.39. The van der Waals surface area contributed by atoms with Crippen molar-refractivity contribution in [3.63, 3.8) is 0 Å². The summed E-state index contributed by atoms with van der Waals surface area (Å²) in [6.07, 6.45) is 2.08. The maximum Gasteiger partial charge on any atom is 0.335 e. The van der Waals surface area contributed by atoms with Gasteiger partial charge in [-0.25, -0.2) is 14.2 Å². The third kappa shape index (κ3) is 3.01. The summed E-state index contributed by atoms with van der Waals surface area (Å²) in [5.74, 6) is -1.28. The Morgan fingerprint density at radius 3 is 2.74 bits per heavy atom. The van der Waals surface area contributed by atoms with Crippen LogP contribution in [-0.4, -0.2) is 43.0 Å². The SMILES string of the molecule is CC(C)c1c(C2CO[C@@](C)(C(=O)O)C2)c2nc3[nH]ncc3cc2n1-c1ccc(F)cc1. The van der Waals surface area contributed by atoms with Crippen molar-refractivity contribution in [1.82, 2.24) is 19.7 Å². The molecule has 0 amide bonds. The largest absolute Gasteiger partial charge is 0.479 e. The van der Waals surface area contributed by atoms with Gasteiger partial charge in [-0.15, -0.1) is 0 Å². The molecular weight excluding hydrogens is 399 g/mol. The number of carbonyl (C=O) groups is 1. The number of fused-ring (bicyclic) bond motifs is 2. The maximum atomic E-state index is 13.6. The van der Waals surface area contributed by atoms with Crippen LogP contribution in [0.25, 0.3) is 27.8 Å². The summed E-state index contributed by atoms with van der Waals surface area (Å²) in [6.45, 7) is 6.10. The van der Waals surface area contributed by atoms with Crippen LogP contribution >= 0.6 is 0 Å². The number of pyridine rings is 1. The van der Waals surface area contributed by atoms with Crippen LogP contribution in [0.2, 0.25) is 0 Å². The van der Waals surface area contributed by atoms with Gasteiger partial charge in [0.25, 0.3) is 0 Å². The smallest absolute Gasteiger partial charge is 0.335 e. The third-order valence-electron chi connectivity index (χ3n) is 6.15. The van der Waals surface area contributed by atoms with Gasteiger partial charge in [-0.1, -0.05) is 13.8 Å². The van der Waals surface area contributed by atoms with Gasteiger partial charge in [0.2, 0.25) is 0 Å². The Labute approximate surface area is 177 Å². The zero-order valence-corrected chi connectivity index (χ0v) is 17.5. The molecule has 0 aliphatic carbocycles. The predicted octanol–water partition coefficient (Wildman–Crippen LogP) is 4.51. The molecule has 1 fully saturated rings. The molecule has 3 aromatic heterocycles. The van der Waals surface area contributed by atoms with Crippen LogP contribution in [0.15, 0.2) is 36.5 Å². The van der Waals surface area contributed by atoms with Gasteiger partial charge in [0.05, 0.1) is 23.8 Å². The average molecular weight is 422 g/mol. The fourth-order valence-electron chi connectivity index (χ4n) is 4.66. The van der Waals surface area contributed by atoms with Crippen molar-refractivity contribution in [2.24, 2.45) is 0 Å². The van der Waals surface area contributed by atoms with Crippen molar-refractivity contribution in [2.75, 3.05) is 6.61 Å². The van der Waals surface area contributed by atoms with Crippen LogP contribution in [0, 0.1) is 5.82 Å². The van der Waals surface area contributed by atoms with Crippen molar-refractivity contribution >= 4 is 28.0 Å². The summed E-state index contributed by atoms with van der Waals surface area (Å²) in [7, 11) is 0. The quantitative estimate of drug-likeness (QED) is 0.505. The molecule has 1 aliphatic heterocycles. The lowest BCUT2D eigenvalue weighted by molar-refractivity contribution is -0.157. The van der Waals surface area contributed by atoms with E-state index in [1.807, 2.05) is 6.07 Å². The molecule has 4 heterocycles. The highest BCUT2D eigenvalue weighted by molar-refractivity contribution is 5.94. The van der Waals surface area contributed by atoms with Crippen molar-refractivity contribution in [3.8, 4) is 5.69 Å². The molecule has 0 spiro atoms. The number of nitrogens with zero attached hydrogens (tertiary/aromatic N) is 3. The second kappa shape index (κ2) is 6.88. The van der Waals surface area contributed by atoms with Gasteiger partial charge in [0.15, 0.2) is 11.2 Å². The highest BCUT2D eigenvalue weighted by atomic mass is 19.1. The molecule has 160 valence electrons. The van der Waals surface area contributed by atoms with E-state index in [-0.39, 0.29) is 17.7 Å². The fourth-order valence-corrected chi connectivity index (χ4v) is 4.66. The lowest BCUT2D eigenvalue weighted by Crippen LogP contribution is -2.34. The van der Waals surface area contributed by atoms with E-state index < -0.39 is 11.6 Å². The summed E-state index contributed by atoms with van der Waals surface area (Å²) >= 11 is 0. The number of carboxylic acid groups (broad SMARTS) is 1. The number of aromatic amines is 1. The number of nitrogens with one attached hydrogen (secondary N) is 1.